The summed E-state index contributed by atoms with van der Waals surface area (Å²) in [5.41, 5.74) is 1.45. The van der Waals surface area contributed by atoms with Crippen LogP contribution in [-0.2, 0) is 6.42 Å². The quantitative estimate of drug-likeness (QED) is 0.704. The fourth-order valence-corrected chi connectivity index (χ4v) is 3.49. The Morgan fingerprint density at radius 2 is 1.93 bits per heavy atom. The second-order valence-corrected chi connectivity index (χ2v) is 7.93. The van der Waals surface area contributed by atoms with Crippen molar-refractivity contribution in [3.63, 3.8) is 0 Å². The Morgan fingerprint density at radius 3 is 2.50 bits per heavy atom. The van der Waals surface area contributed by atoms with Crippen molar-refractivity contribution in [1.29, 1.82) is 0 Å². The fourth-order valence-electron chi connectivity index (χ4n) is 2.15. The number of rotatable bonds is 2. The van der Waals surface area contributed by atoms with Gasteiger partial charge in [-0.1, -0.05) is 68.6 Å². The molecule has 1 aromatic rings. The first-order valence-corrected chi connectivity index (χ1v) is 6.69. The van der Waals surface area contributed by atoms with Crippen LogP contribution in [0.1, 0.15) is 24.8 Å². The lowest BCUT2D eigenvalue weighted by Gasteiger charge is -2.22. The van der Waals surface area contributed by atoms with Gasteiger partial charge in [0, 0.05) is 0 Å². The Hall–Kier alpha value is 0.180. The zero-order valence-corrected chi connectivity index (χ0v) is 11.2. The lowest BCUT2D eigenvalue weighted by atomic mass is 9.98. The largest absolute Gasteiger partial charge is 0.0836 e. The summed E-state index contributed by atoms with van der Waals surface area (Å²) in [5, 5.41) is 0. The van der Waals surface area contributed by atoms with Gasteiger partial charge in [0.25, 0.3) is 0 Å². The highest BCUT2D eigenvalue weighted by molar-refractivity contribution is 9.25. The molecule has 76 valence electrons. The van der Waals surface area contributed by atoms with Gasteiger partial charge in [-0.2, -0.15) is 0 Å². The molecule has 0 radical (unpaired) electrons. The van der Waals surface area contributed by atoms with E-state index in [2.05, 4.69) is 62.2 Å². The molecule has 0 nitrogen and oxygen atoms in total. The molecule has 2 rings (SSSR count). The van der Waals surface area contributed by atoms with Gasteiger partial charge in [-0.25, -0.2) is 0 Å². The number of hydrogen-bond donors (Lipinski definition) is 0. The second-order valence-electron chi connectivity index (χ2n) is 4.04. The van der Waals surface area contributed by atoms with E-state index in [0.717, 1.165) is 5.92 Å². The van der Waals surface area contributed by atoms with Crippen molar-refractivity contribution < 1.29 is 0 Å². The third-order valence-electron chi connectivity index (χ3n) is 2.98. The van der Waals surface area contributed by atoms with E-state index in [4.69, 9.17) is 0 Å². The van der Waals surface area contributed by atoms with E-state index in [1.807, 2.05) is 0 Å². The summed E-state index contributed by atoms with van der Waals surface area (Å²) in [6.45, 7) is 0. The number of benzene rings is 1. The smallest absolute Gasteiger partial charge is 0.0724 e. The van der Waals surface area contributed by atoms with Gasteiger partial charge in [0.05, 0.1) is 3.23 Å². The lowest BCUT2D eigenvalue weighted by Crippen LogP contribution is -2.19. The number of hydrogen-bond acceptors (Lipinski definition) is 0. The first kappa shape index (κ1) is 10.7. The van der Waals surface area contributed by atoms with Crippen molar-refractivity contribution in [2.75, 3.05) is 0 Å². The average molecular weight is 318 g/mol. The van der Waals surface area contributed by atoms with Crippen LogP contribution >= 0.6 is 31.9 Å². The van der Waals surface area contributed by atoms with Gasteiger partial charge in [0.2, 0.25) is 0 Å². The van der Waals surface area contributed by atoms with Gasteiger partial charge in [0.1, 0.15) is 0 Å². The summed E-state index contributed by atoms with van der Waals surface area (Å²) in [6.07, 6.45) is 5.07. The molecule has 1 aliphatic rings. The molecule has 1 fully saturated rings. The summed E-state index contributed by atoms with van der Waals surface area (Å²) in [5.74, 6) is 0.727. The van der Waals surface area contributed by atoms with Crippen LogP contribution in [0.5, 0.6) is 0 Å². The van der Waals surface area contributed by atoms with Gasteiger partial charge in [-0.3, -0.25) is 0 Å². The minimum Gasteiger partial charge on any atom is -0.0724 e. The maximum Gasteiger partial charge on any atom is 0.0836 e. The molecule has 1 atom stereocenters. The summed E-state index contributed by atoms with van der Waals surface area (Å²) in [6, 6.07) is 10.7. The highest BCUT2D eigenvalue weighted by Gasteiger charge is 2.37. The molecule has 0 saturated heterocycles. The maximum absolute atomic E-state index is 3.78. The van der Waals surface area contributed by atoms with Crippen molar-refractivity contribution in [1.82, 2.24) is 0 Å². The SMILES string of the molecule is BrC1(Br)CCCC1Cc1ccccc1. The third kappa shape index (κ3) is 2.40. The zero-order valence-electron chi connectivity index (χ0n) is 8.05. The summed E-state index contributed by atoms with van der Waals surface area (Å²) in [7, 11) is 0. The standard InChI is InChI=1S/C12H14Br2/c13-12(14)8-4-7-11(12)9-10-5-2-1-3-6-10/h1-3,5-6,11H,4,7-9H2. The molecule has 0 spiro atoms. The average Bonchev–Trinajstić information content (AvgIpc) is 2.48. The van der Waals surface area contributed by atoms with Gasteiger partial charge < -0.3 is 0 Å². The lowest BCUT2D eigenvalue weighted by molar-refractivity contribution is 0.545. The van der Waals surface area contributed by atoms with Crippen molar-refractivity contribution in [3.05, 3.63) is 35.9 Å². The first-order valence-electron chi connectivity index (χ1n) is 5.10. The van der Waals surface area contributed by atoms with E-state index in [-0.39, 0.29) is 3.23 Å². The molecular weight excluding hydrogens is 304 g/mol. The fraction of sp³-hybridized carbons (Fsp3) is 0.500. The Balaban J connectivity index is 2.05. The predicted octanol–water partition coefficient (Wildman–Crippen LogP) is 4.52. The van der Waals surface area contributed by atoms with E-state index < -0.39 is 0 Å². The van der Waals surface area contributed by atoms with Crippen LogP contribution in [-0.4, -0.2) is 3.23 Å². The van der Waals surface area contributed by atoms with Crippen LogP contribution in [0.2, 0.25) is 0 Å². The maximum atomic E-state index is 3.78. The number of halogens is 2. The molecule has 1 saturated carbocycles. The van der Waals surface area contributed by atoms with Crippen molar-refractivity contribution in [3.8, 4) is 0 Å². The van der Waals surface area contributed by atoms with Crippen LogP contribution in [0.15, 0.2) is 30.3 Å². The molecule has 14 heavy (non-hydrogen) atoms. The molecule has 0 N–H and O–H groups in total. The molecule has 0 aromatic heterocycles. The summed E-state index contributed by atoms with van der Waals surface area (Å²) < 4.78 is 0.190. The monoisotopic (exact) mass is 316 g/mol. The van der Waals surface area contributed by atoms with E-state index in [9.17, 15) is 0 Å². The third-order valence-corrected chi connectivity index (χ3v) is 5.07. The van der Waals surface area contributed by atoms with E-state index >= 15 is 0 Å². The van der Waals surface area contributed by atoms with Crippen LogP contribution < -0.4 is 0 Å². The topological polar surface area (TPSA) is 0 Å². The summed E-state index contributed by atoms with van der Waals surface area (Å²) >= 11 is 7.57. The Morgan fingerprint density at radius 1 is 1.21 bits per heavy atom. The molecular formula is C12H14Br2. The first-order chi connectivity index (χ1) is 6.68. The van der Waals surface area contributed by atoms with Crippen LogP contribution in [0, 0.1) is 5.92 Å². The summed E-state index contributed by atoms with van der Waals surface area (Å²) in [4.78, 5) is 0. The normalized spacial score (nSPS) is 25.1. The second kappa shape index (κ2) is 4.36. The van der Waals surface area contributed by atoms with Gasteiger partial charge in [0.15, 0.2) is 0 Å². The minimum absolute atomic E-state index is 0.190. The van der Waals surface area contributed by atoms with E-state index in [1.54, 1.807) is 0 Å². The zero-order chi connectivity index (χ0) is 10.0. The Kier molecular flexibility index (Phi) is 3.33. The van der Waals surface area contributed by atoms with Crippen molar-refractivity contribution in [2.24, 2.45) is 5.92 Å². The molecule has 1 aliphatic carbocycles. The molecule has 0 heterocycles. The molecule has 0 bridgehead atoms. The van der Waals surface area contributed by atoms with E-state index in [1.165, 1.54) is 31.2 Å². The molecule has 0 amide bonds. The van der Waals surface area contributed by atoms with Crippen LogP contribution in [0.4, 0.5) is 0 Å². The van der Waals surface area contributed by atoms with Crippen molar-refractivity contribution >= 4 is 31.9 Å². The van der Waals surface area contributed by atoms with Crippen molar-refractivity contribution in [2.45, 2.75) is 28.9 Å². The highest BCUT2D eigenvalue weighted by Crippen LogP contribution is 2.48. The molecule has 2 heteroatoms. The molecule has 0 aliphatic heterocycles. The predicted molar refractivity (Wildman–Crippen MR) is 68.1 cm³/mol. The van der Waals surface area contributed by atoms with E-state index in [0.29, 0.717) is 0 Å². The molecule has 1 unspecified atom stereocenters. The van der Waals surface area contributed by atoms with Gasteiger partial charge in [-0.15, -0.1) is 0 Å². The highest BCUT2D eigenvalue weighted by atomic mass is 79.9. The van der Waals surface area contributed by atoms with Gasteiger partial charge >= 0.3 is 0 Å². The Labute approximate surface area is 102 Å². The van der Waals surface area contributed by atoms with Crippen LogP contribution in [0.3, 0.4) is 0 Å². The number of alkyl halides is 2. The molecule has 1 aromatic carbocycles. The minimum atomic E-state index is 0.190. The Bertz CT molecular complexity index is 292. The van der Waals surface area contributed by atoms with Crippen LogP contribution in [0.25, 0.3) is 0 Å². The van der Waals surface area contributed by atoms with Gasteiger partial charge in [-0.05, 0) is 30.7 Å².